The van der Waals surface area contributed by atoms with E-state index in [0.717, 1.165) is 28.1 Å². The normalized spacial score (nSPS) is 16.2. The second-order valence-corrected chi connectivity index (χ2v) is 8.79. The zero-order chi connectivity index (χ0) is 22.9. The number of benzene rings is 3. The van der Waals surface area contributed by atoms with E-state index in [1.807, 2.05) is 78.6 Å². The van der Waals surface area contributed by atoms with Crippen molar-refractivity contribution in [1.29, 1.82) is 0 Å². The van der Waals surface area contributed by atoms with Gasteiger partial charge in [0.25, 0.3) is 5.89 Å². The largest absolute Gasteiger partial charge is 0.351 e. The Hall–Kier alpha value is -3.19. The molecule has 164 valence electrons. The number of nitrogens with zero attached hydrogens (tertiary/aromatic N) is 3. The number of hydrogen-bond donors (Lipinski definition) is 1. The maximum atomic E-state index is 6.10. The molecule has 0 spiro atoms. The van der Waals surface area contributed by atoms with Gasteiger partial charge in [0, 0.05) is 27.0 Å². The fraction of sp³-hybridized carbons (Fsp3) is 0.0800. The van der Waals surface area contributed by atoms with Gasteiger partial charge in [0.1, 0.15) is 0 Å². The minimum absolute atomic E-state index is 0.249. The Bertz CT molecular complexity index is 1340. The lowest BCUT2D eigenvalue weighted by molar-refractivity contribution is 0.404. The fourth-order valence-corrected chi connectivity index (χ4v) is 4.48. The van der Waals surface area contributed by atoms with Gasteiger partial charge in [-0.15, -0.1) is 0 Å². The van der Waals surface area contributed by atoms with Crippen molar-refractivity contribution in [3.8, 4) is 11.4 Å². The molecule has 5 nitrogen and oxygen atoms in total. The van der Waals surface area contributed by atoms with Crippen molar-refractivity contribution in [2.45, 2.75) is 13.0 Å². The molecule has 4 aromatic rings. The Kier molecular flexibility index (Phi) is 5.89. The molecular weight excluding hydrogens is 475 g/mol. The van der Waals surface area contributed by atoms with Crippen molar-refractivity contribution >= 4 is 51.8 Å². The van der Waals surface area contributed by atoms with Gasteiger partial charge in [0.15, 0.2) is 5.11 Å². The van der Waals surface area contributed by atoms with Gasteiger partial charge in [-0.25, -0.2) is 0 Å². The van der Waals surface area contributed by atoms with E-state index >= 15 is 0 Å². The highest BCUT2D eigenvalue weighted by Gasteiger charge is 2.34. The van der Waals surface area contributed by atoms with Crippen LogP contribution >= 0.6 is 35.4 Å². The van der Waals surface area contributed by atoms with Gasteiger partial charge in [-0.1, -0.05) is 58.7 Å². The molecule has 5 rings (SSSR count). The van der Waals surface area contributed by atoms with Crippen LogP contribution in [0.5, 0.6) is 0 Å². The highest BCUT2D eigenvalue weighted by Crippen LogP contribution is 2.39. The Labute approximate surface area is 206 Å². The maximum absolute atomic E-state index is 6.10. The van der Waals surface area contributed by atoms with E-state index in [-0.39, 0.29) is 6.04 Å². The van der Waals surface area contributed by atoms with Crippen molar-refractivity contribution in [2.75, 3.05) is 4.90 Å². The summed E-state index contributed by atoms with van der Waals surface area (Å²) in [6.07, 6.45) is 0. The van der Waals surface area contributed by atoms with E-state index in [9.17, 15) is 0 Å². The number of hydrogen-bond acceptors (Lipinski definition) is 4. The van der Waals surface area contributed by atoms with E-state index in [1.54, 1.807) is 12.1 Å². The standard InChI is InChI=1S/C25H18Cl2N4OS/c1-15-21(24-29-23(30-32-24)17-7-9-18(26)10-8-17)22(16-5-3-2-4-6-16)28-25(33)31(15)20-13-11-19(27)12-14-20/h2-14,22H,1H3,(H,28,33). The Morgan fingerprint density at radius 1 is 0.909 bits per heavy atom. The first-order chi connectivity index (χ1) is 16.0. The van der Waals surface area contributed by atoms with Gasteiger partial charge in [-0.05, 0) is 73.2 Å². The van der Waals surface area contributed by atoms with Crippen LogP contribution in [0.2, 0.25) is 10.0 Å². The number of rotatable bonds is 4. The third-order valence-corrected chi connectivity index (χ3v) is 6.27. The molecule has 0 radical (unpaired) electrons. The summed E-state index contributed by atoms with van der Waals surface area (Å²) in [6, 6.07) is 24.6. The molecule has 0 aliphatic carbocycles. The van der Waals surface area contributed by atoms with Crippen molar-refractivity contribution in [1.82, 2.24) is 15.5 Å². The second kappa shape index (κ2) is 8.98. The summed E-state index contributed by atoms with van der Waals surface area (Å²) in [7, 11) is 0. The lowest BCUT2D eigenvalue weighted by Gasteiger charge is -2.37. The van der Waals surface area contributed by atoms with Crippen molar-refractivity contribution in [3.05, 3.63) is 106 Å². The first kappa shape index (κ1) is 21.6. The molecule has 8 heteroatoms. The van der Waals surface area contributed by atoms with E-state index < -0.39 is 0 Å². The smallest absolute Gasteiger partial charge is 0.258 e. The summed E-state index contributed by atoms with van der Waals surface area (Å²) in [5.74, 6) is 0.903. The average molecular weight is 493 g/mol. The maximum Gasteiger partial charge on any atom is 0.258 e. The first-order valence-electron chi connectivity index (χ1n) is 10.2. The van der Waals surface area contributed by atoms with Crippen LogP contribution in [0, 0.1) is 0 Å². The predicted octanol–water partition coefficient (Wildman–Crippen LogP) is 6.91. The summed E-state index contributed by atoms with van der Waals surface area (Å²) in [5.41, 5.74) is 4.48. The summed E-state index contributed by atoms with van der Waals surface area (Å²) in [5, 5.41) is 9.55. The van der Waals surface area contributed by atoms with Crippen LogP contribution in [0.4, 0.5) is 5.69 Å². The van der Waals surface area contributed by atoms with Crippen molar-refractivity contribution in [3.63, 3.8) is 0 Å². The number of anilines is 1. The molecule has 1 aromatic heterocycles. The van der Waals surface area contributed by atoms with Gasteiger partial charge in [-0.2, -0.15) is 4.98 Å². The summed E-state index contributed by atoms with van der Waals surface area (Å²) in [6.45, 7) is 2.00. The van der Waals surface area contributed by atoms with Crippen LogP contribution in [-0.2, 0) is 0 Å². The van der Waals surface area contributed by atoms with Gasteiger partial charge in [-0.3, -0.25) is 4.90 Å². The third-order valence-electron chi connectivity index (χ3n) is 5.46. The Balaban J connectivity index is 1.64. The molecule has 1 aliphatic heterocycles. The third kappa shape index (κ3) is 4.25. The van der Waals surface area contributed by atoms with Gasteiger partial charge in [0.2, 0.25) is 5.82 Å². The summed E-state index contributed by atoms with van der Waals surface area (Å²) < 4.78 is 5.77. The fourth-order valence-electron chi connectivity index (χ4n) is 3.87. The first-order valence-corrected chi connectivity index (χ1v) is 11.4. The summed E-state index contributed by atoms with van der Waals surface area (Å²) >= 11 is 17.9. The molecule has 0 fully saturated rings. The molecule has 3 aromatic carbocycles. The van der Waals surface area contributed by atoms with E-state index in [2.05, 4.69) is 10.5 Å². The molecule has 1 atom stereocenters. The van der Waals surface area contributed by atoms with Crippen LogP contribution in [-0.4, -0.2) is 15.3 Å². The molecule has 0 amide bonds. The van der Waals surface area contributed by atoms with Gasteiger partial charge >= 0.3 is 0 Å². The number of thiocarbonyl (C=S) groups is 1. The number of halogens is 2. The minimum Gasteiger partial charge on any atom is -0.351 e. The SMILES string of the molecule is CC1=C(c2nc(-c3ccc(Cl)cc3)no2)C(c2ccccc2)NC(=S)N1c1ccc(Cl)cc1. The number of allylic oxidation sites excluding steroid dienone is 1. The Morgan fingerprint density at radius 2 is 1.55 bits per heavy atom. The van der Waals surface area contributed by atoms with Gasteiger partial charge in [0.05, 0.1) is 11.6 Å². The molecule has 33 heavy (non-hydrogen) atoms. The van der Waals surface area contributed by atoms with E-state index in [1.165, 1.54) is 0 Å². The highest BCUT2D eigenvalue weighted by atomic mass is 35.5. The molecule has 1 N–H and O–H groups in total. The highest BCUT2D eigenvalue weighted by molar-refractivity contribution is 7.80. The number of nitrogens with one attached hydrogen (secondary N) is 1. The van der Waals surface area contributed by atoms with E-state index in [4.69, 9.17) is 44.9 Å². The summed E-state index contributed by atoms with van der Waals surface area (Å²) in [4.78, 5) is 6.67. The lowest BCUT2D eigenvalue weighted by atomic mass is 9.94. The second-order valence-electron chi connectivity index (χ2n) is 7.53. The number of aromatic nitrogens is 2. The lowest BCUT2D eigenvalue weighted by Crippen LogP contribution is -2.46. The molecule has 1 unspecified atom stereocenters. The van der Waals surface area contributed by atoms with Crippen LogP contribution in [0.1, 0.15) is 24.4 Å². The molecule has 0 saturated heterocycles. The Morgan fingerprint density at radius 3 is 2.21 bits per heavy atom. The predicted molar refractivity (Wildman–Crippen MR) is 136 cm³/mol. The van der Waals surface area contributed by atoms with Gasteiger partial charge < -0.3 is 9.84 Å². The molecular formula is C25H18Cl2N4OS. The molecule has 1 aliphatic rings. The quantitative estimate of drug-likeness (QED) is 0.312. The topological polar surface area (TPSA) is 54.2 Å². The zero-order valence-corrected chi connectivity index (χ0v) is 19.8. The van der Waals surface area contributed by atoms with Crippen LogP contribution in [0.25, 0.3) is 17.0 Å². The average Bonchev–Trinajstić information content (AvgIpc) is 3.30. The minimum atomic E-state index is -0.249. The zero-order valence-electron chi connectivity index (χ0n) is 17.5. The van der Waals surface area contributed by atoms with Crippen LogP contribution in [0.3, 0.4) is 0 Å². The van der Waals surface area contributed by atoms with E-state index in [0.29, 0.717) is 26.9 Å². The van der Waals surface area contributed by atoms with Crippen molar-refractivity contribution < 1.29 is 4.52 Å². The monoisotopic (exact) mass is 492 g/mol. The molecule has 0 saturated carbocycles. The molecule has 2 heterocycles. The van der Waals surface area contributed by atoms with Crippen LogP contribution in [0.15, 0.2) is 89.1 Å². The molecule has 0 bridgehead atoms. The van der Waals surface area contributed by atoms with Crippen molar-refractivity contribution in [2.24, 2.45) is 0 Å². The van der Waals surface area contributed by atoms with Crippen LogP contribution < -0.4 is 10.2 Å².